The summed E-state index contributed by atoms with van der Waals surface area (Å²) in [6, 6.07) is 4.12. The number of thiophene rings is 1. The summed E-state index contributed by atoms with van der Waals surface area (Å²) in [6.07, 6.45) is 2.60. The molecule has 2 fully saturated rings. The molecule has 0 aromatic carbocycles. The summed E-state index contributed by atoms with van der Waals surface area (Å²) in [5.74, 6) is 0.181. The number of ether oxygens (including phenoxy) is 2. The van der Waals surface area contributed by atoms with Crippen molar-refractivity contribution < 1.29 is 19.2 Å². The smallest absolute Gasteiger partial charge is 0.231 e. The molecule has 2 N–H and O–H groups in total. The molecule has 0 bridgehead atoms. The molecule has 2 saturated heterocycles. The van der Waals surface area contributed by atoms with Gasteiger partial charge < -0.3 is 19.7 Å². The topological polar surface area (TPSA) is 52.0 Å². The van der Waals surface area contributed by atoms with Crippen molar-refractivity contribution in [3.8, 4) is 0 Å². The van der Waals surface area contributed by atoms with Gasteiger partial charge >= 0.3 is 0 Å². The number of morpholine rings is 1. The van der Waals surface area contributed by atoms with Crippen LogP contribution in [0.4, 0.5) is 0 Å². The van der Waals surface area contributed by atoms with Crippen LogP contribution in [0.5, 0.6) is 0 Å². The van der Waals surface area contributed by atoms with Crippen LogP contribution in [0.25, 0.3) is 0 Å². The summed E-state index contributed by atoms with van der Waals surface area (Å²) in [6.45, 7) is 7.11. The van der Waals surface area contributed by atoms with Gasteiger partial charge in [0.1, 0.15) is 13.1 Å². The third-order valence-corrected chi connectivity index (χ3v) is 6.04. The first-order valence-corrected chi connectivity index (χ1v) is 9.50. The molecule has 1 aromatic rings. The van der Waals surface area contributed by atoms with Crippen molar-refractivity contribution >= 4 is 17.2 Å². The Kier molecular flexibility index (Phi) is 6.05. The Bertz CT molecular complexity index is 480. The maximum Gasteiger partial charge on any atom is 0.231 e. The minimum absolute atomic E-state index is 0.181. The van der Waals surface area contributed by atoms with Crippen LogP contribution in [0.2, 0.25) is 0 Å². The zero-order chi connectivity index (χ0) is 16.0. The van der Waals surface area contributed by atoms with Crippen molar-refractivity contribution in [3.63, 3.8) is 0 Å². The Morgan fingerprint density at radius 1 is 1.22 bits per heavy atom. The Balaban J connectivity index is 1.50. The minimum atomic E-state index is -0.377. The molecule has 128 valence electrons. The molecule has 0 unspecified atom stereocenters. The molecule has 0 atom stereocenters. The van der Waals surface area contributed by atoms with Crippen LogP contribution in [-0.2, 0) is 19.7 Å². The van der Waals surface area contributed by atoms with Crippen LogP contribution in [0.3, 0.4) is 0 Å². The standard InChI is InChI=1S/C17H26N2O3S/c20-16(18-6-2-7-19-8-12-22-13-9-19)17(4-10-21-11-5-17)15-3-1-14-23-15/h1,3,14H,2,4-13H2,(H,18,20)/p+1. The van der Waals surface area contributed by atoms with E-state index < -0.39 is 0 Å². The average Bonchev–Trinajstić information content (AvgIpc) is 3.15. The Hall–Kier alpha value is -0.950. The Morgan fingerprint density at radius 3 is 2.65 bits per heavy atom. The van der Waals surface area contributed by atoms with E-state index in [1.807, 2.05) is 6.07 Å². The number of nitrogens with one attached hydrogen (secondary N) is 2. The number of hydrogen-bond donors (Lipinski definition) is 2. The molecular formula is C17H27N2O3S+. The summed E-state index contributed by atoms with van der Waals surface area (Å²) in [7, 11) is 0. The maximum absolute atomic E-state index is 12.9. The SMILES string of the molecule is O=C(NCCC[NH+]1CCOCC1)C1(c2cccs2)CCOCC1. The van der Waals surface area contributed by atoms with Crippen LogP contribution in [0.1, 0.15) is 24.1 Å². The zero-order valence-corrected chi connectivity index (χ0v) is 14.5. The lowest BCUT2D eigenvalue weighted by molar-refractivity contribution is -0.908. The van der Waals surface area contributed by atoms with Gasteiger partial charge in [0.15, 0.2) is 0 Å². The van der Waals surface area contributed by atoms with Crippen molar-refractivity contribution in [2.45, 2.75) is 24.7 Å². The third-order valence-electron chi connectivity index (χ3n) is 4.97. The van der Waals surface area contributed by atoms with Gasteiger partial charge in [0.25, 0.3) is 0 Å². The molecule has 3 heterocycles. The number of hydrogen-bond acceptors (Lipinski definition) is 4. The fraction of sp³-hybridized carbons (Fsp3) is 0.706. The van der Waals surface area contributed by atoms with E-state index in [9.17, 15) is 4.79 Å². The van der Waals surface area contributed by atoms with Gasteiger partial charge in [0, 0.05) is 31.1 Å². The second-order valence-corrected chi connectivity index (χ2v) is 7.34. The molecule has 23 heavy (non-hydrogen) atoms. The first-order chi connectivity index (χ1) is 11.3. The van der Waals surface area contributed by atoms with E-state index in [4.69, 9.17) is 9.47 Å². The molecule has 6 heteroatoms. The first kappa shape index (κ1) is 16.9. The maximum atomic E-state index is 12.9. The van der Waals surface area contributed by atoms with Crippen LogP contribution >= 0.6 is 11.3 Å². The Labute approximate surface area is 142 Å². The van der Waals surface area contributed by atoms with Gasteiger partial charge in [-0.2, -0.15) is 0 Å². The number of carbonyl (C=O) groups excluding carboxylic acids is 1. The highest BCUT2D eigenvalue weighted by atomic mass is 32.1. The lowest BCUT2D eigenvalue weighted by Gasteiger charge is -2.35. The third kappa shape index (κ3) is 4.12. The van der Waals surface area contributed by atoms with Crippen molar-refractivity contribution in [2.75, 3.05) is 52.6 Å². The molecule has 0 radical (unpaired) electrons. The largest absolute Gasteiger partial charge is 0.381 e. The fourth-order valence-electron chi connectivity index (χ4n) is 3.48. The van der Waals surface area contributed by atoms with Gasteiger partial charge in [-0.25, -0.2) is 0 Å². The quantitative estimate of drug-likeness (QED) is 0.729. The van der Waals surface area contributed by atoms with Gasteiger partial charge in [-0.15, -0.1) is 11.3 Å². The highest BCUT2D eigenvalue weighted by Gasteiger charge is 2.42. The molecule has 0 aliphatic carbocycles. The van der Waals surface area contributed by atoms with Crippen molar-refractivity contribution in [2.24, 2.45) is 0 Å². The van der Waals surface area contributed by atoms with E-state index in [-0.39, 0.29) is 11.3 Å². The van der Waals surface area contributed by atoms with Gasteiger partial charge in [-0.05, 0) is 24.3 Å². The van der Waals surface area contributed by atoms with E-state index in [0.29, 0.717) is 13.2 Å². The average molecular weight is 339 g/mol. The number of rotatable bonds is 6. The second kappa shape index (κ2) is 8.24. The summed E-state index contributed by atoms with van der Waals surface area (Å²) in [4.78, 5) is 15.6. The summed E-state index contributed by atoms with van der Waals surface area (Å²) < 4.78 is 10.9. The summed E-state index contributed by atoms with van der Waals surface area (Å²) >= 11 is 1.68. The highest BCUT2D eigenvalue weighted by molar-refractivity contribution is 7.10. The fourth-order valence-corrected chi connectivity index (χ4v) is 4.46. The van der Waals surface area contributed by atoms with E-state index in [0.717, 1.165) is 58.7 Å². The summed E-state index contributed by atoms with van der Waals surface area (Å²) in [5.41, 5.74) is -0.377. The van der Waals surface area contributed by atoms with Crippen LogP contribution in [0.15, 0.2) is 17.5 Å². The van der Waals surface area contributed by atoms with Gasteiger partial charge in [0.05, 0.1) is 25.2 Å². The van der Waals surface area contributed by atoms with Crippen LogP contribution < -0.4 is 10.2 Å². The van der Waals surface area contributed by atoms with Gasteiger partial charge in [0.2, 0.25) is 5.91 Å². The number of carbonyl (C=O) groups is 1. The van der Waals surface area contributed by atoms with Crippen LogP contribution in [0, 0.1) is 0 Å². The molecular weight excluding hydrogens is 312 g/mol. The van der Waals surface area contributed by atoms with Crippen molar-refractivity contribution in [1.82, 2.24) is 5.32 Å². The van der Waals surface area contributed by atoms with E-state index in [1.165, 1.54) is 4.88 Å². The van der Waals surface area contributed by atoms with E-state index >= 15 is 0 Å². The minimum Gasteiger partial charge on any atom is -0.381 e. The van der Waals surface area contributed by atoms with E-state index in [1.54, 1.807) is 16.2 Å². The molecule has 5 nitrogen and oxygen atoms in total. The monoisotopic (exact) mass is 339 g/mol. The van der Waals surface area contributed by atoms with E-state index in [2.05, 4.69) is 16.8 Å². The lowest BCUT2D eigenvalue weighted by atomic mass is 9.78. The Morgan fingerprint density at radius 2 is 1.96 bits per heavy atom. The molecule has 0 saturated carbocycles. The molecule has 2 aliphatic rings. The number of amides is 1. The van der Waals surface area contributed by atoms with Crippen molar-refractivity contribution in [3.05, 3.63) is 22.4 Å². The highest BCUT2D eigenvalue weighted by Crippen LogP contribution is 2.37. The predicted molar refractivity (Wildman–Crippen MR) is 90.1 cm³/mol. The second-order valence-electron chi connectivity index (χ2n) is 6.39. The normalized spacial score (nSPS) is 21.9. The molecule has 3 rings (SSSR count). The lowest BCUT2D eigenvalue weighted by Crippen LogP contribution is -3.14. The van der Waals surface area contributed by atoms with Gasteiger partial charge in [-0.3, -0.25) is 4.79 Å². The van der Waals surface area contributed by atoms with Gasteiger partial charge in [-0.1, -0.05) is 6.07 Å². The summed E-state index contributed by atoms with van der Waals surface area (Å²) in [5, 5.41) is 5.25. The molecule has 0 spiro atoms. The molecule has 1 amide bonds. The zero-order valence-electron chi connectivity index (χ0n) is 13.6. The van der Waals surface area contributed by atoms with Crippen molar-refractivity contribution in [1.29, 1.82) is 0 Å². The predicted octanol–water partition coefficient (Wildman–Crippen LogP) is 0.218. The number of quaternary nitrogens is 1. The molecule has 1 aromatic heterocycles. The van der Waals surface area contributed by atoms with Crippen LogP contribution in [-0.4, -0.2) is 58.5 Å². The first-order valence-electron chi connectivity index (χ1n) is 8.63. The molecule has 2 aliphatic heterocycles.